The van der Waals surface area contributed by atoms with Crippen LogP contribution in [0.15, 0.2) is 0 Å². The van der Waals surface area contributed by atoms with Crippen molar-refractivity contribution in [2.75, 3.05) is 6.61 Å². The Morgan fingerprint density at radius 3 is 1.34 bits per heavy atom. The number of hydrogen-bond acceptors (Lipinski definition) is 2. The molecule has 1 aliphatic rings. The van der Waals surface area contributed by atoms with E-state index in [4.69, 9.17) is 0 Å². The van der Waals surface area contributed by atoms with Crippen LogP contribution in [0.4, 0.5) is 87.8 Å². The van der Waals surface area contributed by atoms with Crippen LogP contribution < -0.4 is 0 Å². The number of rotatable bonds is 15. The van der Waals surface area contributed by atoms with Gasteiger partial charge in [-0.05, 0) is 19.3 Å². The summed E-state index contributed by atoms with van der Waals surface area (Å²) in [5.41, 5.74) is -2.88. The summed E-state index contributed by atoms with van der Waals surface area (Å²) in [6, 6.07) is 0. The first-order chi connectivity index (χ1) is 19.3. The standard InChI is InChI=1S/C22H22F20O2/c1-2-3-9-44-12(43)13(7-5-4-6-8-13)10-14(25,26)16(29,30)18(33,34)20(37,38)22(41,42)21(39,40)19(35,36)17(31,32)15(27,28)11(23)24/h11H,2-10H2,1H3. The minimum atomic E-state index is -9.06. The molecule has 1 rings (SSSR count). The molecule has 0 atom stereocenters. The van der Waals surface area contributed by atoms with Crippen molar-refractivity contribution >= 4 is 5.97 Å². The molecule has 0 radical (unpaired) electrons. The third kappa shape index (κ3) is 5.76. The van der Waals surface area contributed by atoms with E-state index < -0.39 is 97.0 Å². The molecule has 262 valence electrons. The van der Waals surface area contributed by atoms with E-state index in [1.165, 1.54) is 6.92 Å². The van der Waals surface area contributed by atoms with E-state index in [-0.39, 0.29) is 25.7 Å². The number of esters is 1. The molecule has 0 aromatic rings. The molecule has 1 saturated carbocycles. The van der Waals surface area contributed by atoms with Gasteiger partial charge in [-0.1, -0.05) is 32.6 Å². The van der Waals surface area contributed by atoms with E-state index in [9.17, 15) is 92.6 Å². The number of carbonyl (C=O) groups is 1. The molecule has 44 heavy (non-hydrogen) atoms. The smallest absolute Gasteiger partial charge is 0.385 e. The second-order valence-electron chi connectivity index (χ2n) is 10.2. The Morgan fingerprint density at radius 2 is 0.977 bits per heavy atom. The van der Waals surface area contributed by atoms with Crippen LogP contribution in [-0.4, -0.2) is 72.3 Å². The summed E-state index contributed by atoms with van der Waals surface area (Å²) >= 11 is 0. The predicted molar refractivity (Wildman–Crippen MR) is 107 cm³/mol. The van der Waals surface area contributed by atoms with Crippen molar-refractivity contribution in [3.8, 4) is 0 Å². The molecule has 0 unspecified atom stereocenters. The van der Waals surface area contributed by atoms with Crippen LogP contribution in [-0.2, 0) is 9.53 Å². The Labute approximate surface area is 234 Å². The van der Waals surface area contributed by atoms with Crippen molar-refractivity contribution in [3.63, 3.8) is 0 Å². The van der Waals surface area contributed by atoms with Crippen LogP contribution in [0.3, 0.4) is 0 Å². The summed E-state index contributed by atoms with van der Waals surface area (Å²) in [5, 5.41) is 0. The van der Waals surface area contributed by atoms with Crippen molar-refractivity contribution in [2.45, 2.75) is 118 Å². The fraction of sp³-hybridized carbons (Fsp3) is 0.955. The molecular weight excluding hydrogens is 676 g/mol. The molecule has 0 spiro atoms. The zero-order chi connectivity index (χ0) is 35.2. The van der Waals surface area contributed by atoms with E-state index in [1.54, 1.807) is 0 Å². The van der Waals surface area contributed by atoms with Gasteiger partial charge in [-0.2, -0.15) is 79.0 Å². The van der Waals surface area contributed by atoms with Gasteiger partial charge in [-0.25, -0.2) is 8.78 Å². The average molecular weight is 698 g/mol. The lowest BCUT2D eigenvalue weighted by Gasteiger charge is -2.45. The first-order valence-electron chi connectivity index (χ1n) is 12.2. The molecule has 2 nitrogen and oxygen atoms in total. The molecule has 0 aliphatic heterocycles. The van der Waals surface area contributed by atoms with Crippen molar-refractivity contribution in [1.29, 1.82) is 0 Å². The van der Waals surface area contributed by atoms with Crippen molar-refractivity contribution in [2.24, 2.45) is 5.41 Å². The quantitative estimate of drug-likeness (QED) is 0.0968. The summed E-state index contributed by atoms with van der Waals surface area (Å²) in [6.45, 7) is 0.958. The Kier molecular flexibility index (Phi) is 11.0. The summed E-state index contributed by atoms with van der Waals surface area (Å²) in [5.74, 6) is -77.3. The zero-order valence-electron chi connectivity index (χ0n) is 21.8. The molecule has 0 aromatic heterocycles. The van der Waals surface area contributed by atoms with Crippen LogP contribution in [0.1, 0.15) is 58.3 Å². The van der Waals surface area contributed by atoms with Gasteiger partial charge >= 0.3 is 65.7 Å². The van der Waals surface area contributed by atoms with E-state index >= 15 is 0 Å². The van der Waals surface area contributed by atoms with Gasteiger partial charge in [0.25, 0.3) is 0 Å². The Bertz CT molecular complexity index is 1000. The molecule has 1 aliphatic carbocycles. The highest BCUT2D eigenvalue weighted by molar-refractivity contribution is 5.77. The maximum absolute atomic E-state index is 14.7. The number of carbonyl (C=O) groups excluding carboxylic acids is 1. The van der Waals surface area contributed by atoms with Crippen LogP contribution in [0.25, 0.3) is 0 Å². The number of alkyl halides is 20. The molecule has 22 heteroatoms. The van der Waals surface area contributed by atoms with Gasteiger partial charge in [0.1, 0.15) is 0 Å². The van der Waals surface area contributed by atoms with Crippen LogP contribution >= 0.6 is 0 Å². The molecule has 0 aromatic carbocycles. The monoisotopic (exact) mass is 698 g/mol. The zero-order valence-corrected chi connectivity index (χ0v) is 21.8. The largest absolute Gasteiger partial charge is 0.465 e. The lowest BCUT2D eigenvalue weighted by atomic mass is 9.69. The number of ether oxygens (including phenoxy) is 1. The lowest BCUT2D eigenvalue weighted by Crippen LogP contribution is -2.76. The van der Waals surface area contributed by atoms with E-state index in [1.807, 2.05) is 0 Å². The maximum atomic E-state index is 14.7. The van der Waals surface area contributed by atoms with Crippen LogP contribution in [0, 0.1) is 5.41 Å². The second-order valence-corrected chi connectivity index (χ2v) is 10.2. The van der Waals surface area contributed by atoms with Gasteiger partial charge in [0, 0.05) is 6.42 Å². The van der Waals surface area contributed by atoms with Crippen LogP contribution in [0.2, 0.25) is 0 Å². The van der Waals surface area contributed by atoms with Gasteiger partial charge in [0.2, 0.25) is 0 Å². The fourth-order valence-corrected chi connectivity index (χ4v) is 4.24. The van der Waals surface area contributed by atoms with Crippen molar-refractivity contribution < 1.29 is 97.3 Å². The highest BCUT2D eigenvalue weighted by atomic mass is 19.4. The number of hydrogen-bond donors (Lipinski definition) is 0. The summed E-state index contributed by atoms with van der Waals surface area (Å²) < 4.78 is 279. The lowest BCUT2D eigenvalue weighted by molar-refractivity contribution is -0.465. The van der Waals surface area contributed by atoms with E-state index in [0.717, 1.165) is 0 Å². The van der Waals surface area contributed by atoms with Gasteiger partial charge in [-0.3, -0.25) is 4.79 Å². The van der Waals surface area contributed by atoms with E-state index in [2.05, 4.69) is 4.74 Å². The Morgan fingerprint density at radius 1 is 0.614 bits per heavy atom. The van der Waals surface area contributed by atoms with E-state index in [0.29, 0.717) is 6.42 Å². The highest BCUT2D eigenvalue weighted by Gasteiger charge is 2.96. The average Bonchev–Trinajstić information content (AvgIpc) is 2.87. The normalized spacial score (nSPS) is 18.5. The van der Waals surface area contributed by atoms with Gasteiger partial charge in [-0.15, -0.1) is 0 Å². The summed E-state index contributed by atoms with van der Waals surface area (Å²) in [6.07, 6.45) is -10.8. The Hall–Kier alpha value is -1.93. The summed E-state index contributed by atoms with van der Waals surface area (Å²) in [4.78, 5) is 12.4. The molecule has 1 fully saturated rings. The topological polar surface area (TPSA) is 26.3 Å². The fourth-order valence-electron chi connectivity index (χ4n) is 4.24. The Balaban J connectivity index is 3.69. The summed E-state index contributed by atoms with van der Waals surface area (Å²) in [7, 11) is 0. The third-order valence-corrected chi connectivity index (χ3v) is 7.05. The SMILES string of the molecule is CCCCOC(=O)C1(CC(F)(F)C(F)(F)C(F)(F)C(F)(F)C(F)(F)C(F)(F)C(F)(F)C(F)(F)C(F)(F)C(F)F)CCCCC1. The van der Waals surface area contributed by atoms with Gasteiger partial charge in [0.05, 0.1) is 12.0 Å². The van der Waals surface area contributed by atoms with Crippen molar-refractivity contribution in [3.05, 3.63) is 0 Å². The van der Waals surface area contributed by atoms with Gasteiger partial charge < -0.3 is 4.74 Å². The minimum absolute atomic E-state index is 0.0366. The van der Waals surface area contributed by atoms with Crippen LogP contribution in [0.5, 0.6) is 0 Å². The second kappa shape index (κ2) is 12.0. The maximum Gasteiger partial charge on any atom is 0.385 e. The molecule has 0 saturated heterocycles. The molecule has 0 N–H and O–H groups in total. The molecule has 0 amide bonds. The third-order valence-electron chi connectivity index (χ3n) is 7.05. The first kappa shape index (κ1) is 40.1. The molecular formula is C22H22F20O2. The number of halogens is 20. The minimum Gasteiger partial charge on any atom is -0.465 e. The predicted octanol–water partition coefficient (Wildman–Crippen LogP) is 9.65. The first-order valence-corrected chi connectivity index (χ1v) is 12.2. The molecule has 0 heterocycles. The highest BCUT2D eigenvalue weighted by Crippen LogP contribution is 2.66. The van der Waals surface area contributed by atoms with Crippen molar-refractivity contribution in [1.82, 2.24) is 0 Å². The molecule has 0 bridgehead atoms. The van der Waals surface area contributed by atoms with Gasteiger partial charge in [0.15, 0.2) is 0 Å². The number of unbranched alkanes of at least 4 members (excludes halogenated alkanes) is 1.